The van der Waals surface area contributed by atoms with Crippen LogP contribution < -0.4 is 0 Å². The zero-order valence-corrected chi connectivity index (χ0v) is 11.6. The first-order chi connectivity index (χ1) is 8.65. The van der Waals surface area contributed by atoms with Gasteiger partial charge in [0.15, 0.2) is 0 Å². The van der Waals surface area contributed by atoms with E-state index in [1.54, 1.807) is 6.92 Å². The number of allylic oxidation sites excluding steroid dienone is 2. The molecule has 2 aliphatic rings. The summed E-state index contributed by atoms with van der Waals surface area (Å²) in [5.41, 5.74) is 1.44. The second-order valence-corrected chi connectivity index (χ2v) is 5.49. The molecule has 0 bridgehead atoms. The van der Waals surface area contributed by atoms with Gasteiger partial charge in [0.2, 0.25) is 5.91 Å². The van der Waals surface area contributed by atoms with Crippen LogP contribution in [0.25, 0.3) is 0 Å². The van der Waals surface area contributed by atoms with E-state index in [2.05, 4.69) is 30.1 Å². The van der Waals surface area contributed by atoms with Crippen molar-refractivity contribution in [3.05, 3.63) is 23.8 Å². The Morgan fingerprint density at radius 2 is 2.17 bits per heavy atom. The Hall–Kier alpha value is -1.09. The monoisotopic (exact) mass is 248 g/mol. The van der Waals surface area contributed by atoms with E-state index in [1.165, 1.54) is 12.0 Å². The average molecular weight is 248 g/mol. The third kappa shape index (κ3) is 3.70. The predicted octanol–water partition coefficient (Wildman–Crippen LogP) is 2.06. The second-order valence-electron chi connectivity index (χ2n) is 5.49. The van der Waals surface area contributed by atoms with Crippen molar-refractivity contribution in [3.8, 4) is 0 Å². The van der Waals surface area contributed by atoms with E-state index in [1.807, 2.05) is 4.90 Å². The molecule has 100 valence electrons. The summed E-state index contributed by atoms with van der Waals surface area (Å²) >= 11 is 0. The van der Waals surface area contributed by atoms with Crippen molar-refractivity contribution in [2.24, 2.45) is 5.92 Å². The van der Waals surface area contributed by atoms with Crippen molar-refractivity contribution in [2.45, 2.75) is 26.7 Å². The molecular weight excluding hydrogens is 224 g/mol. The third-order valence-electron chi connectivity index (χ3n) is 3.78. The molecule has 2 rings (SSSR count). The lowest BCUT2D eigenvalue weighted by molar-refractivity contribution is -0.128. The maximum absolute atomic E-state index is 11.4. The minimum Gasteiger partial charge on any atom is -0.342 e. The summed E-state index contributed by atoms with van der Waals surface area (Å²) in [6, 6.07) is 0. The topological polar surface area (TPSA) is 23.6 Å². The Balaban J connectivity index is 1.87. The molecule has 1 aliphatic heterocycles. The van der Waals surface area contributed by atoms with E-state index >= 15 is 0 Å². The maximum Gasteiger partial charge on any atom is 0.219 e. The van der Waals surface area contributed by atoms with Crippen LogP contribution in [0, 0.1) is 5.92 Å². The Kier molecular flexibility index (Phi) is 4.59. The highest BCUT2D eigenvalue weighted by Gasteiger charge is 2.17. The smallest absolute Gasteiger partial charge is 0.219 e. The zero-order valence-electron chi connectivity index (χ0n) is 11.6. The van der Waals surface area contributed by atoms with Crippen LogP contribution in [0.15, 0.2) is 23.8 Å². The maximum atomic E-state index is 11.4. The van der Waals surface area contributed by atoms with Gasteiger partial charge in [-0.25, -0.2) is 0 Å². The van der Waals surface area contributed by atoms with E-state index in [0.29, 0.717) is 5.92 Å². The number of amides is 1. The van der Waals surface area contributed by atoms with Gasteiger partial charge in [-0.15, -0.1) is 0 Å². The van der Waals surface area contributed by atoms with E-state index < -0.39 is 0 Å². The summed E-state index contributed by atoms with van der Waals surface area (Å²) in [5.74, 6) is 0.882. The lowest BCUT2D eigenvalue weighted by Gasteiger charge is -2.23. The molecule has 3 heteroatoms. The van der Waals surface area contributed by atoms with Gasteiger partial charge in [-0.1, -0.05) is 25.2 Å². The summed E-state index contributed by atoms with van der Waals surface area (Å²) in [6.45, 7) is 8.86. The molecule has 0 radical (unpaired) electrons. The molecule has 1 atom stereocenters. The Bertz CT molecular complexity index is 360. The summed E-state index contributed by atoms with van der Waals surface area (Å²) < 4.78 is 0. The van der Waals surface area contributed by atoms with Gasteiger partial charge in [-0.05, 0) is 24.3 Å². The van der Waals surface area contributed by atoms with Crippen molar-refractivity contribution in [1.82, 2.24) is 9.80 Å². The number of rotatable bonds is 2. The van der Waals surface area contributed by atoms with Crippen LogP contribution in [0.5, 0.6) is 0 Å². The SMILES string of the molecule is CC(=O)N1CCCN(CC2=CC(C)CC=C2)CC1. The number of hydrogen-bond acceptors (Lipinski definition) is 2. The number of nitrogens with zero attached hydrogens (tertiary/aromatic N) is 2. The molecule has 18 heavy (non-hydrogen) atoms. The number of carbonyl (C=O) groups excluding carboxylic acids is 1. The highest BCUT2D eigenvalue weighted by Crippen LogP contribution is 2.17. The molecule has 0 spiro atoms. The average Bonchev–Trinajstić information content (AvgIpc) is 2.55. The molecule has 0 aromatic rings. The van der Waals surface area contributed by atoms with Gasteiger partial charge in [-0.2, -0.15) is 0 Å². The number of carbonyl (C=O) groups is 1. The summed E-state index contributed by atoms with van der Waals surface area (Å²) in [4.78, 5) is 15.8. The molecule has 0 N–H and O–H groups in total. The largest absolute Gasteiger partial charge is 0.342 e. The van der Waals surface area contributed by atoms with Crippen LogP contribution in [0.4, 0.5) is 0 Å². The van der Waals surface area contributed by atoms with E-state index in [9.17, 15) is 4.79 Å². The highest BCUT2D eigenvalue weighted by atomic mass is 16.2. The van der Waals surface area contributed by atoms with Crippen molar-refractivity contribution in [1.29, 1.82) is 0 Å². The van der Waals surface area contributed by atoms with Crippen LogP contribution in [0.1, 0.15) is 26.7 Å². The molecule has 1 saturated heterocycles. The fourth-order valence-corrected chi connectivity index (χ4v) is 2.73. The van der Waals surface area contributed by atoms with Gasteiger partial charge in [0.05, 0.1) is 0 Å². The fraction of sp³-hybridized carbons (Fsp3) is 0.667. The van der Waals surface area contributed by atoms with Crippen LogP contribution in [-0.4, -0.2) is 48.4 Å². The minimum atomic E-state index is 0.210. The predicted molar refractivity (Wildman–Crippen MR) is 74.3 cm³/mol. The molecule has 0 aromatic heterocycles. The molecule has 0 aromatic carbocycles. The van der Waals surface area contributed by atoms with Gasteiger partial charge in [0, 0.05) is 39.6 Å². The molecule has 1 amide bonds. The molecule has 1 unspecified atom stereocenters. The van der Waals surface area contributed by atoms with Gasteiger partial charge in [0.25, 0.3) is 0 Å². The molecule has 1 aliphatic carbocycles. The van der Waals surface area contributed by atoms with E-state index in [4.69, 9.17) is 0 Å². The quantitative estimate of drug-likeness (QED) is 0.747. The molecule has 1 fully saturated rings. The van der Waals surface area contributed by atoms with Gasteiger partial charge >= 0.3 is 0 Å². The molecular formula is C15H24N2O. The lowest BCUT2D eigenvalue weighted by atomic mass is 9.98. The van der Waals surface area contributed by atoms with E-state index in [0.717, 1.165) is 39.1 Å². The first kappa shape index (κ1) is 13.3. The Labute approximate surface area is 110 Å². The Morgan fingerprint density at radius 3 is 2.89 bits per heavy atom. The van der Waals surface area contributed by atoms with Crippen LogP contribution >= 0.6 is 0 Å². The summed E-state index contributed by atoms with van der Waals surface area (Å²) in [6.07, 6.45) is 9.18. The first-order valence-electron chi connectivity index (χ1n) is 7.00. The van der Waals surface area contributed by atoms with Crippen molar-refractivity contribution >= 4 is 5.91 Å². The van der Waals surface area contributed by atoms with Gasteiger partial charge in [-0.3, -0.25) is 9.69 Å². The van der Waals surface area contributed by atoms with Crippen LogP contribution in [0.2, 0.25) is 0 Å². The summed E-state index contributed by atoms with van der Waals surface area (Å²) in [5, 5.41) is 0. The third-order valence-corrected chi connectivity index (χ3v) is 3.78. The summed E-state index contributed by atoms with van der Waals surface area (Å²) in [7, 11) is 0. The number of hydrogen-bond donors (Lipinski definition) is 0. The molecule has 1 heterocycles. The van der Waals surface area contributed by atoms with Crippen LogP contribution in [-0.2, 0) is 4.79 Å². The van der Waals surface area contributed by atoms with Gasteiger partial charge < -0.3 is 4.90 Å². The van der Waals surface area contributed by atoms with Crippen molar-refractivity contribution < 1.29 is 4.79 Å². The fourth-order valence-electron chi connectivity index (χ4n) is 2.73. The Morgan fingerprint density at radius 1 is 1.33 bits per heavy atom. The second kappa shape index (κ2) is 6.19. The van der Waals surface area contributed by atoms with E-state index in [-0.39, 0.29) is 5.91 Å². The normalized spacial score (nSPS) is 25.8. The minimum absolute atomic E-state index is 0.210. The first-order valence-corrected chi connectivity index (χ1v) is 7.00. The van der Waals surface area contributed by atoms with Crippen molar-refractivity contribution in [3.63, 3.8) is 0 Å². The van der Waals surface area contributed by atoms with Crippen LogP contribution in [0.3, 0.4) is 0 Å². The standard InChI is InChI=1S/C15H24N2O/c1-13-5-3-6-15(11-13)12-16-7-4-8-17(10-9-16)14(2)18/h3,6,11,13H,4-5,7-10,12H2,1-2H3. The molecule has 0 saturated carbocycles. The van der Waals surface area contributed by atoms with Gasteiger partial charge in [0.1, 0.15) is 0 Å². The molecule has 3 nitrogen and oxygen atoms in total. The highest BCUT2D eigenvalue weighted by molar-refractivity contribution is 5.73. The zero-order chi connectivity index (χ0) is 13.0. The van der Waals surface area contributed by atoms with Crippen molar-refractivity contribution in [2.75, 3.05) is 32.7 Å². The lowest BCUT2D eigenvalue weighted by Crippen LogP contribution is -2.34.